The first-order valence-electron chi connectivity index (χ1n) is 6.00. The van der Waals surface area contributed by atoms with E-state index in [1.807, 2.05) is 5.21 Å². The Morgan fingerprint density at radius 2 is 1.78 bits per heavy atom. The van der Waals surface area contributed by atoms with Gasteiger partial charge in [0.25, 0.3) is 5.91 Å². The van der Waals surface area contributed by atoms with Gasteiger partial charge in [0.2, 0.25) is 0 Å². The summed E-state index contributed by atoms with van der Waals surface area (Å²) in [6, 6.07) is 0.301. The molecule has 2 aromatic rings. The van der Waals surface area contributed by atoms with Gasteiger partial charge in [-0.2, -0.15) is 41.8 Å². The molecule has 1 aromatic carbocycles. The monoisotopic (exact) mass is 338 g/mol. The topological polar surface area (TPSA) is 70.7 Å². The molecule has 0 spiro atoms. The molecule has 1 heterocycles. The van der Waals surface area contributed by atoms with E-state index in [4.69, 9.17) is 0 Å². The number of aromatic nitrogens is 3. The summed E-state index contributed by atoms with van der Waals surface area (Å²) in [7, 11) is 0. The SMILES string of the molecule is O=C(N[C@H](c1ccccc1C(F)(F)F)C(F)(F)F)c1cn[nH]n1. The number of nitrogens with zero attached hydrogens (tertiary/aromatic N) is 2. The fourth-order valence-corrected chi connectivity index (χ4v) is 1.86. The fourth-order valence-electron chi connectivity index (χ4n) is 1.86. The normalized spacial score (nSPS) is 13.7. The largest absolute Gasteiger partial charge is 0.416 e. The predicted molar refractivity (Wildman–Crippen MR) is 64.1 cm³/mol. The average Bonchev–Trinajstić information content (AvgIpc) is 2.96. The molecular formula is C12H8F6N4O. The number of nitrogens with one attached hydrogen (secondary N) is 2. The van der Waals surface area contributed by atoms with E-state index in [0.29, 0.717) is 12.1 Å². The van der Waals surface area contributed by atoms with Crippen LogP contribution in [0.25, 0.3) is 0 Å². The van der Waals surface area contributed by atoms with Gasteiger partial charge in [-0.1, -0.05) is 18.2 Å². The first kappa shape index (κ1) is 16.8. The van der Waals surface area contributed by atoms with Crippen molar-refractivity contribution in [3.8, 4) is 0 Å². The van der Waals surface area contributed by atoms with Gasteiger partial charge in [0, 0.05) is 0 Å². The highest BCUT2D eigenvalue weighted by atomic mass is 19.4. The Morgan fingerprint density at radius 3 is 2.30 bits per heavy atom. The molecule has 0 radical (unpaired) electrons. The van der Waals surface area contributed by atoms with Crippen LogP contribution >= 0.6 is 0 Å². The standard InChI is InChI=1S/C12H8F6N4O/c13-11(14,15)7-4-2-1-3-6(7)9(12(16,17)18)20-10(23)8-5-19-22-21-8/h1-5,9H,(H,20,23)(H,19,21,22)/t9-/m1/s1. The number of amides is 1. The molecule has 2 N–H and O–H groups in total. The molecule has 0 aliphatic rings. The minimum atomic E-state index is -5.14. The van der Waals surface area contributed by atoms with E-state index >= 15 is 0 Å². The van der Waals surface area contributed by atoms with Crippen LogP contribution in [0.5, 0.6) is 0 Å². The number of alkyl halides is 6. The van der Waals surface area contributed by atoms with E-state index in [-0.39, 0.29) is 0 Å². The van der Waals surface area contributed by atoms with Crippen molar-refractivity contribution in [2.75, 3.05) is 0 Å². The van der Waals surface area contributed by atoms with Gasteiger partial charge in [0.1, 0.15) is 0 Å². The Labute approximate surface area is 124 Å². The van der Waals surface area contributed by atoms with Crippen molar-refractivity contribution in [1.29, 1.82) is 0 Å². The van der Waals surface area contributed by atoms with Crippen molar-refractivity contribution in [2.24, 2.45) is 0 Å². The molecule has 1 aromatic heterocycles. The molecule has 0 aliphatic carbocycles. The van der Waals surface area contributed by atoms with Gasteiger partial charge in [-0.05, 0) is 11.6 Å². The lowest BCUT2D eigenvalue weighted by Crippen LogP contribution is -2.39. The summed E-state index contributed by atoms with van der Waals surface area (Å²) in [5.74, 6) is -1.31. The summed E-state index contributed by atoms with van der Waals surface area (Å²) in [5, 5.41) is 10.0. The molecule has 0 unspecified atom stereocenters. The van der Waals surface area contributed by atoms with Gasteiger partial charge in [0.15, 0.2) is 11.7 Å². The second-order valence-corrected chi connectivity index (χ2v) is 4.39. The first-order chi connectivity index (χ1) is 10.6. The molecule has 23 heavy (non-hydrogen) atoms. The minimum absolute atomic E-state index is 0.483. The van der Waals surface area contributed by atoms with Crippen LogP contribution in [0.3, 0.4) is 0 Å². The van der Waals surface area contributed by atoms with Crippen molar-refractivity contribution >= 4 is 5.91 Å². The summed E-state index contributed by atoms with van der Waals surface area (Å²) in [5.41, 5.74) is -3.07. The second kappa shape index (κ2) is 5.89. The maximum Gasteiger partial charge on any atom is 0.416 e. The average molecular weight is 338 g/mol. The van der Waals surface area contributed by atoms with Gasteiger partial charge < -0.3 is 5.32 Å². The molecule has 1 atom stereocenters. The Kier molecular flexibility index (Phi) is 4.30. The third kappa shape index (κ3) is 3.79. The van der Waals surface area contributed by atoms with Crippen LogP contribution in [0.4, 0.5) is 26.3 Å². The summed E-state index contributed by atoms with van der Waals surface area (Å²) >= 11 is 0. The van der Waals surface area contributed by atoms with E-state index in [9.17, 15) is 31.1 Å². The third-order valence-corrected chi connectivity index (χ3v) is 2.83. The maximum atomic E-state index is 13.2. The number of rotatable bonds is 3. The van der Waals surface area contributed by atoms with Crippen LogP contribution in [0.2, 0.25) is 0 Å². The minimum Gasteiger partial charge on any atom is -0.335 e. The summed E-state index contributed by atoms with van der Waals surface area (Å²) < 4.78 is 78.2. The van der Waals surface area contributed by atoms with Gasteiger partial charge in [-0.15, -0.1) is 0 Å². The van der Waals surface area contributed by atoms with Gasteiger partial charge >= 0.3 is 12.4 Å². The summed E-state index contributed by atoms with van der Waals surface area (Å²) in [6.45, 7) is 0. The second-order valence-electron chi connectivity index (χ2n) is 4.39. The Morgan fingerprint density at radius 1 is 1.13 bits per heavy atom. The van der Waals surface area contributed by atoms with Crippen LogP contribution < -0.4 is 5.32 Å². The van der Waals surface area contributed by atoms with Crippen LogP contribution in [-0.2, 0) is 6.18 Å². The van der Waals surface area contributed by atoms with E-state index in [0.717, 1.165) is 18.3 Å². The molecule has 11 heteroatoms. The summed E-state index contributed by atoms with van der Waals surface area (Å²) in [6.07, 6.45) is -9.29. The fraction of sp³-hybridized carbons (Fsp3) is 0.250. The zero-order valence-electron chi connectivity index (χ0n) is 11.0. The molecule has 0 aliphatic heterocycles. The summed E-state index contributed by atoms with van der Waals surface area (Å²) in [4.78, 5) is 11.7. The number of carbonyl (C=O) groups excluding carboxylic acids is 1. The number of benzene rings is 1. The van der Waals surface area contributed by atoms with Gasteiger partial charge in [-0.3, -0.25) is 4.79 Å². The number of H-pyrrole nitrogens is 1. The zero-order chi connectivity index (χ0) is 17.3. The van der Waals surface area contributed by atoms with Crippen molar-refractivity contribution in [3.63, 3.8) is 0 Å². The first-order valence-corrected chi connectivity index (χ1v) is 6.00. The number of hydrogen-bond donors (Lipinski definition) is 2. The lowest BCUT2D eigenvalue weighted by atomic mass is 9.99. The van der Waals surface area contributed by atoms with E-state index in [1.54, 1.807) is 0 Å². The van der Waals surface area contributed by atoms with Crippen LogP contribution in [0, 0.1) is 0 Å². The van der Waals surface area contributed by atoms with Gasteiger partial charge in [-0.25, -0.2) is 0 Å². The number of aromatic amines is 1. The Bertz CT molecular complexity index is 680. The smallest absolute Gasteiger partial charge is 0.335 e. The molecule has 0 bridgehead atoms. The molecule has 0 fully saturated rings. The molecule has 0 saturated heterocycles. The Balaban J connectivity index is 2.43. The molecule has 2 rings (SSSR count). The number of carbonyl (C=O) groups is 1. The molecule has 1 amide bonds. The van der Waals surface area contributed by atoms with Crippen molar-refractivity contribution in [1.82, 2.24) is 20.7 Å². The van der Waals surface area contributed by atoms with E-state index in [2.05, 4.69) is 10.2 Å². The third-order valence-electron chi connectivity index (χ3n) is 2.83. The zero-order valence-corrected chi connectivity index (χ0v) is 11.0. The highest BCUT2D eigenvalue weighted by molar-refractivity contribution is 5.92. The number of halogens is 6. The van der Waals surface area contributed by atoms with Crippen LogP contribution in [-0.4, -0.2) is 27.5 Å². The highest BCUT2D eigenvalue weighted by Gasteiger charge is 2.46. The van der Waals surface area contributed by atoms with Crippen molar-refractivity contribution in [3.05, 3.63) is 47.3 Å². The van der Waals surface area contributed by atoms with Crippen molar-refractivity contribution < 1.29 is 31.1 Å². The van der Waals surface area contributed by atoms with E-state index in [1.165, 1.54) is 5.32 Å². The Hall–Kier alpha value is -2.59. The number of hydrogen-bond acceptors (Lipinski definition) is 3. The predicted octanol–water partition coefficient (Wildman–Crippen LogP) is 2.86. The lowest BCUT2D eigenvalue weighted by Gasteiger charge is -2.24. The maximum absolute atomic E-state index is 13.2. The van der Waals surface area contributed by atoms with E-state index < -0.39 is 41.1 Å². The highest BCUT2D eigenvalue weighted by Crippen LogP contribution is 2.40. The lowest BCUT2D eigenvalue weighted by molar-refractivity contribution is -0.160. The molecule has 5 nitrogen and oxygen atoms in total. The molecule has 124 valence electrons. The molecular weight excluding hydrogens is 330 g/mol. The van der Waals surface area contributed by atoms with Crippen LogP contribution in [0.1, 0.15) is 27.7 Å². The van der Waals surface area contributed by atoms with Gasteiger partial charge in [0.05, 0.1) is 11.8 Å². The van der Waals surface area contributed by atoms with Crippen LogP contribution in [0.15, 0.2) is 30.5 Å². The van der Waals surface area contributed by atoms with Crippen molar-refractivity contribution in [2.45, 2.75) is 18.4 Å². The quantitative estimate of drug-likeness (QED) is 0.846. The molecule has 0 saturated carbocycles.